The Morgan fingerprint density at radius 3 is 2.07 bits per heavy atom. The molecular weight excluding hydrogens is 216 g/mol. The van der Waals surface area contributed by atoms with Crippen molar-refractivity contribution in [2.75, 3.05) is 19.3 Å². The Hall–Kier alpha value is -0.620. The second kappa shape index (κ2) is 4.94. The van der Waals surface area contributed by atoms with Gasteiger partial charge in [0.15, 0.2) is 0 Å². The number of sulfonamides is 1. The van der Waals surface area contributed by atoms with Gasteiger partial charge in [0, 0.05) is 25.6 Å². The van der Waals surface area contributed by atoms with Crippen LogP contribution in [0.15, 0.2) is 0 Å². The van der Waals surface area contributed by atoms with Crippen molar-refractivity contribution in [3.63, 3.8) is 0 Å². The Bertz CT molecular complexity index is 317. The van der Waals surface area contributed by atoms with Crippen molar-refractivity contribution < 1.29 is 13.2 Å². The molecule has 0 aliphatic rings. The molecule has 0 saturated carbocycles. The monoisotopic (exact) mass is 236 g/mol. The second-order valence-electron chi connectivity index (χ2n) is 4.49. The second-order valence-corrected chi connectivity index (χ2v) is 6.40. The first-order valence-corrected chi connectivity index (χ1v) is 6.62. The first-order valence-electron chi connectivity index (χ1n) is 4.77. The normalized spacial score (nSPS) is 12.9. The molecule has 90 valence electrons. The molecule has 0 rings (SSSR count). The van der Waals surface area contributed by atoms with Crippen LogP contribution in [0.1, 0.15) is 27.7 Å². The highest BCUT2D eigenvalue weighted by molar-refractivity contribution is 7.88. The molecule has 0 radical (unpaired) electrons. The summed E-state index contributed by atoms with van der Waals surface area (Å²) >= 11 is 0. The maximum atomic E-state index is 11.5. The summed E-state index contributed by atoms with van der Waals surface area (Å²) in [5, 5.41) is 2.58. The lowest BCUT2D eigenvalue weighted by molar-refractivity contribution is -0.119. The van der Waals surface area contributed by atoms with Crippen LogP contribution < -0.4 is 5.32 Å². The van der Waals surface area contributed by atoms with Crippen LogP contribution in [0, 0.1) is 0 Å². The summed E-state index contributed by atoms with van der Waals surface area (Å²) < 4.78 is 24.3. The van der Waals surface area contributed by atoms with Crippen LogP contribution in [-0.2, 0) is 14.8 Å². The van der Waals surface area contributed by atoms with E-state index in [1.165, 1.54) is 17.5 Å². The lowest BCUT2D eigenvalue weighted by Crippen LogP contribution is -2.48. The van der Waals surface area contributed by atoms with Gasteiger partial charge in [-0.05, 0) is 20.8 Å². The molecule has 0 bridgehead atoms. The van der Waals surface area contributed by atoms with Gasteiger partial charge >= 0.3 is 0 Å². The molecule has 5 nitrogen and oxygen atoms in total. The van der Waals surface area contributed by atoms with Crippen LogP contribution in [0.2, 0.25) is 0 Å². The van der Waals surface area contributed by atoms with E-state index >= 15 is 0 Å². The summed E-state index contributed by atoms with van der Waals surface area (Å²) in [4.78, 5) is 10.6. The van der Waals surface area contributed by atoms with Gasteiger partial charge in [0.1, 0.15) is 0 Å². The first kappa shape index (κ1) is 14.4. The fraction of sp³-hybridized carbons (Fsp3) is 0.889. The smallest absolute Gasteiger partial charge is 0.216 e. The highest BCUT2D eigenvalue weighted by atomic mass is 32.2. The number of rotatable bonds is 4. The largest absolute Gasteiger partial charge is 0.355 e. The summed E-state index contributed by atoms with van der Waals surface area (Å²) in [6.07, 6.45) is 1.17. The molecule has 1 amide bonds. The quantitative estimate of drug-likeness (QED) is 0.757. The van der Waals surface area contributed by atoms with Gasteiger partial charge in [-0.1, -0.05) is 0 Å². The van der Waals surface area contributed by atoms with Crippen LogP contribution in [-0.4, -0.2) is 43.5 Å². The molecule has 0 fully saturated rings. The van der Waals surface area contributed by atoms with Gasteiger partial charge in [-0.25, -0.2) is 8.42 Å². The SMILES string of the molecule is CC(=O)NCCN(C(C)(C)C)S(C)(=O)=O. The highest BCUT2D eigenvalue weighted by Gasteiger charge is 2.28. The molecular formula is C9H20N2O3S. The van der Waals surface area contributed by atoms with E-state index in [2.05, 4.69) is 5.32 Å². The molecule has 1 N–H and O–H groups in total. The summed E-state index contributed by atoms with van der Waals surface area (Å²) in [5.41, 5.74) is -0.466. The minimum absolute atomic E-state index is 0.155. The van der Waals surface area contributed by atoms with E-state index in [9.17, 15) is 13.2 Å². The van der Waals surface area contributed by atoms with E-state index in [1.807, 2.05) is 20.8 Å². The number of carbonyl (C=O) groups excluding carboxylic acids is 1. The zero-order chi connectivity index (χ0) is 12.3. The number of hydrogen-bond acceptors (Lipinski definition) is 3. The van der Waals surface area contributed by atoms with Crippen molar-refractivity contribution in [3.8, 4) is 0 Å². The summed E-state index contributed by atoms with van der Waals surface area (Å²) in [7, 11) is -3.24. The van der Waals surface area contributed by atoms with Gasteiger partial charge in [-0.15, -0.1) is 0 Å². The van der Waals surface area contributed by atoms with Crippen molar-refractivity contribution in [1.29, 1.82) is 0 Å². The fourth-order valence-corrected chi connectivity index (χ4v) is 2.75. The van der Waals surface area contributed by atoms with Gasteiger partial charge in [0.2, 0.25) is 15.9 Å². The summed E-state index contributed by atoms with van der Waals surface area (Å²) in [6.45, 7) is 7.49. The molecule has 0 aromatic carbocycles. The Labute approximate surface area is 91.9 Å². The standard InChI is InChI=1S/C9H20N2O3S/c1-8(12)10-6-7-11(9(2,3)4)15(5,13)14/h6-7H2,1-5H3,(H,10,12). The Kier molecular flexibility index (Phi) is 4.73. The highest BCUT2D eigenvalue weighted by Crippen LogP contribution is 2.16. The average Bonchev–Trinajstić information content (AvgIpc) is 1.92. The molecule has 0 heterocycles. The van der Waals surface area contributed by atoms with E-state index in [1.54, 1.807) is 0 Å². The number of nitrogens with zero attached hydrogens (tertiary/aromatic N) is 1. The Balaban J connectivity index is 4.50. The number of nitrogens with one attached hydrogen (secondary N) is 1. The number of hydrogen-bond donors (Lipinski definition) is 1. The van der Waals surface area contributed by atoms with Crippen molar-refractivity contribution in [1.82, 2.24) is 9.62 Å². The molecule has 0 aliphatic heterocycles. The minimum Gasteiger partial charge on any atom is -0.355 e. The van der Waals surface area contributed by atoms with Gasteiger partial charge in [-0.2, -0.15) is 4.31 Å². The van der Waals surface area contributed by atoms with Gasteiger partial charge in [-0.3, -0.25) is 4.79 Å². The van der Waals surface area contributed by atoms with Crippen molar-refractivity contribution in [2.24, 2.45) is 0 Å². The predicted molar refractivity (Wildman–Crippen MR) is 60.0 cm³/mol. The van der Waals surface area contributed by atoms with Crippen LogP contribution in [0.25, 0.3) is 0 Å². The van der Waals surface area contributed by atoms with E-state index in [0.717, 1.165) is 0 Å². The first-order chi connectivity index (χ1) is 6.55. The van der Waals surface area contributed by atoms with E-state index in [0.29, 0.717) is 13.1 Å². The molecule has 0 saturated heterocycles. The van der Waals surface area contributed by atoms with Gasteiger partial charge in [0.05, 0.1) is 6.26 Å². The van der Waals surface area contributed by atoms with Crippen molar-refractivity contribution >= 4 is 15.9 Å². The molecule has 0 spiro atoms. The zero-order valence-corrected chi connectivity index (χ0v) is 10.8. The van der Waals surface area contributed by atoms with Crippen LogP contribution >= 0.6 is 0 Å². The Morgan fingerprint density at radius 2 is 1.80 bits per heavy atom. The third-order valence-electron chi connectivity index (χ3n) is 1.84. The van der Waals surface area contributed by atoms with E-state index in [-0.39, 0.29) is 5.91 Å². The third kappa shape index (κ3) is 5.74. The lowest BCUT2D eigenvalue weighted by Gasteiger charge is -2.33. The molecule has 6 heteroatoms. The molecule has 0 atom stereocenters. The van der Waals surface area contributed by atoms with E-state index < -0.39 is 15.6 Å². The third-order valence-corrected chi connectivity index (χ3v) is 3.37. The summed E-state index contributed by atoms with van der Waals surface area (Å²) in [6, 6.07) is 0. The van der Waals surface area contributed by atoms with Gasteiger partial charge < -0.3 is 5.32 Å². The number of amides is 1. The van der Waals surface area contributed by atoms with Crippen molar-refractivity contribution in [2.45, 2.75) is 33.2 Å². The molecule has 0 unspecified atom stereocenters. The van der Waals surface area contributed by atoms with Crippen LogP contribution in [0.4, 0.5) is 0 Å². The van der Waals surface area contributed by atoms with Gasteiger partial charge in [0.25, 0.3) is 0 Å². The lowest BCUT2D eigenvalue weighted by atomic mass is 10.1. The molecule has 0 aromatic heterocycles. The minimum atomic E-state index is -3.24. The molecule has 15 heavy (non-hydrogen) atoms. The van der Waals surface area contributed by atoms with Crippen LogP contribution in [0.3, 0.4) is 0 Å². The topological polar surface area (TPSA) is 66.5 Å². The summed E-state index contributed by atoms with van der Waals surface area (Å²) in [5.74, 6) is -0.155. The molecule has 0 aliphatic carbocycles. The van der Waals surface area contributed by atoms with E-state index in [4.69, 9.17) is 0 Å². The number of carbonyl (C=O) groups is 1. The Morgan fingerprint density at radius 1 is 1.33 bits per heavy atom. The predicted octanol–water partition coefficient (Wildman–Crippen LogP) is 0.183. The molecule has 0 aromatic rings. The zero-order valence-electron chi connectivity index (χ0n) is 9.99. The fourth-order valence-electron chi connectivity index (χ4n) is 1.33. The van der Waals surface area contributed by atoms with Crippen molar-refractivity contribution in [3.05, 3.63) is 0 Å². The maximum Gasteiger partial charge on any atom is 0.216 e. The maximum absolute atomic E-state index is 11.5. The average molecular weight is 236 g/mol. The van der Waals surface area contributed by atoms with Crippen LogP contribution in [0.5, 0.6) is 0 Å².